The van der Waals surface area contributed by atoms with Crippen LogP contribution in [0.5, 0.6) is 0 Å². The molecule has 5 nitrogen and oxygen atoms in total. The summed E-state index contributed by atoms with van der Waals surface area (Å²) in [6.07, 6.45) is 1.22. The minimum atomic E-state index is -0.543. The maximum atomic E-state index is 13.4. The predicted octanol–water partition coefficient (Wildman–Crippen LogP) is 3.99. The van der Waals surface area contributed by atoms with Gasteiger partial charge < -0.3 is 15.1 Å². The zero-order valence-corrected chi connectivity index (χ0v) is 17.2. The van der Waals surface area contributed by atoms with Gasteiger partial charge in [0.15, 0.2) is 0 Å². The summed E-state index contributed by atoms with van der Waals surface area (Å²) in [6, 6.07) is 9.96. The van der Waals surface area contributed by atoms with E-state index >= 15 is 0 Å². The quantitative estimate of drug-likeness (QED) is 0.806. The van der Waals surface area contributed by atoms with Crippen molar-refractivity contribution >= 4 is 29.1 Å². The van der Waals surface area contributed by atoms with Crippen molar-refractivity contribution in [1.82, 2.24) is 10.2 Å². The smallest absolute Gasteiger partial charge is 0.255 e. The van der Waals surface area contributed by atoms with Gasteiger partial charge >= 0.3 is 0 Å². The fourth-order valence-electron chi connectivity index (χ4n) is 4.40. The van der Waals surface area contributed by atoms with Crippen molar-refractivity contribution in [3.63, 3.8) is 0 Å². The molecule has 0 aliphatic carbocycles. The van der Waals surface area contributed by atoms with E-state index in [4.69, 9.17) is 11.6 Å². The third-order valence-corrected chi connectivity index (χ3v) is 6.20. The van der Waals surface area contributed by atoms with Crippen LogP contribution in [0.1, 0.15) is 46.0 Å². The Balaban J connectivity index is 1.56. The van der Waals surface area contributed by atoms with Crippen LogP contribution < -0.4 is 10.2 Å². The average molecular weight is 416 g/mol. The van der Waals surface area contributed by atoms with Crippen LogP contribution in [0.15, 0.2) is 36.4 Å². The van der Waals surface area contributed by atoms with Gasteiger partial charge in [-0.15, -0.1) is 0 Å². The highest BCUT2D eigenvalue weighted by molar-refractivity contribution is 6.31. The van der Waals surface area contributed by atoms with Crippen LogP contribution in [0.2, 0.25) is 5.02 Å². The Morgan fingerprint density at radius 2 is 1.93 bits per heavy atom. The van der Waals surface area contributed by atoms with E-state index in [1.54, 1.807) is 4.90 Å². The number of likely N-dealkylation sites (tertiary alicyclic amines) is 1. The van der Waals surface area contributed by atoms with Crippen molar-refractivity contribution in [2.45, 2.75) is 32.4 Å². The molecule has 4 rings (SSSR count). The first-order chi connectivity index (χ1) is 13.8. The van der Waals surface area contributed by atoms with Crippen LogP contribution in [0.25, 0.3) is 0 Å². The minimum absolute atomic E-state index is 0.0621. The molecule has 2 aliphatic heterocycles. The van der Waals surface area contributed by atoms with Crippen molar-refractivity contribution in [2.24, 2.45) is 0 Å². The van der Waals surface area contributed by atoms with Crippen LogP contribution in [0.4, 0.5) is 10.1 Å². The van der Waals surface area contributed by atoms with Crippen molar-refractivity contribution in [1.29, 1.82) is 0 Å². The predicted molar refractivity (Wildman–Crippen MR) is 111 cm³/mol. The van der Waals surface area contributed by atoms with Crippen LogP contribution >= 0.6 is 11.6 Å². The van der Waals surface area contributed by atoms with Gasteiger partial charge in [0.1, 0.15) is 11.5 Å². The fourth-order valence-corrected chi connectivity index (χ4v) is 4.58. The minimum Gasteiger partial charge on any atom is -0.348 e. The topological polar surface area (TPSA) is 52.7 Å². The SMILES string of the molecule is CCN1c2ccc(C)cc2C(=O)NC12CCN(C(=O)c1ccc(F)c(Cl)c1)CC2. The van der Waals surface area contributed by atoms with Crippen molar-refractivity contribution in [3.8, 4) is 0 Å². The van der Waals surface area contributed by atoms with Crippen LogP contribution in [-0.4, -0.2) is 42.0 Å². The first-order valence-corrected chi connectivity index (χ1v) is 10.2. The van der Waals surface area contributed by atoms with Crippen LogP contribution in [0.3, 0.4) is 0 Å². The lowest BCUT2D eigenvalue weighted by Gasteiger charge is -2.52. The lowest BCUT2D eigenvalue weighted by molar-refractivity contribution is 0.0603. The molecule has 0 unspecified atom stereocenters. The van der Waals surface area contributed by atoms with Gasteiger partial charge in [-0.1, -0.05) is 23.2 Å². The Hall–Kier alpha value is -2.60. The molecule has 2 heterocycles. The summed E-state index contributed by atoms with van der Waals surface area (Å²) in [5.74, 6) is -0.792. The number of aryl methyl sites for hydroxylation is 1. The molecule has 1 spiro atoms. The Bertz CT molecular complexity index is 986. The van der Waals surface area contributed by atoms with E-state index in [2.05, 4.69) is 17.1 Å². The number of halogens is 2. The van der Waals surface area contributed by atoms with E-state index in [-0.39, 0.29) is 16.8 Å². The molecule has 7 heteroatoms. The Kier molecular flexibility index (Phi) is 4.99. The number of amides is 2. The first kappa shape index (κ1) is 19.7. The summed E-state index contributed by atoms with van der Waals surface area (Å²) in [6.45, 7) is 5.77. The average Bonchev–Trinajstić information content (AvgIpc) is 2.71. The van der Waals surface area contributed by atoms with Gasteiger partial charge in [0, 0.05) is 38.0 Å². The number of anilines is 1. The fraction of sp³-hybridized carbons (Fsp3) is 0.364. The number of nitrogens with one attached hydrogen (secondary N) is 1. The molecule has 2 amide bonds. The number of piperidine rings is 1. The molecule has 0 radical (unpaired) electrons. The van der Waals surface area contributed by atoms with E-state index in [0.29, 0.717) is 37.1 Å². The molecule has 0 aromatic heterocycles. The summed E-state index contributed by atoms with van der Waals surface area (Å²) in [5.41, 5.74) is 2.53. The van der Waals surface area contributed by atoms with E-state index in [9.17, 15) is 14.0 Å². The Morgan fingerprint density at radius 1 is 1.21 bits per heavy atom. The molecular formula is C22H23ClFN3O2. The van der Waals surface area contributed by atoms with Gasteiger partial charge in [-0.25, -0.2) is 4.39 Å². The number of hydrogen-bond donors (Lipinski definition) is 1. The van der Waals surface area contributed by atoms with Crippen molar-refractivity contribution in [3.05, 3.63) is 63.9 Å². The number of nitrogens with zero attached hydrogens (tertiary/aromatic N) is 2. The molecule has 152 valence electrons. The molecule has 0 bridgehead atoms. The highest BCUT2D eigenvalue weighted by atomic mass is 35.5. The maximum absolute atomic E-state index is 13.4. The summed E-state index contributed by atoms with van der Waals surface area (Å²) in [7, 11) is 0. The molecule has 1 fully saturated rings. The number of benzene rings is 2. The van der Waals surface area contributed by atoms with E-state index in [1.165, 1.54) is 18.2 Å². The second kappa shape index (κ2) is 7.34. The zero-order valence-electron chi connectivity index (χ0n) is 16.5. The third-order valence-electron chi connectivity index (χ3n) is 5.91. The van der Waals surface area contributed by atoms with E-state index < -0.39 is 11.5 Å². The highest BCUT2D eigenvalue weighted by Gasteiger charge is 2.45. The van der Waals surface area contributed by atoms with Crippen molar-refractivity contribution < 1.29 is 14.0 Å². The highest BCUT2D eigenvalue weighted by Crippen LogP contribution is 2.37. The monoisotopic (exact) mass is 415 g/mol. The van der Waals surface area contributed by atoms with E-state index in [1.807, 2.05) is 25.1 Å². The Morgan fingerprint density at radius 3 is 2.59 bits per heavy atom. The van der Waals surface area contributed by atoms with Gasteiger partial charge in [-0.3, -0.25) is 9.59 Å². The number of hydrogen-bond acceptors (Lipinski definition) is 3. The number of carbonyl (C=O) groups is 2. The maximum Gasteiger partial charge on any atom is 0.255 e. The lowest BCUT2D eigenvalue weighted by Crippen LogP contribution is -2.68. The normalized spacial score (nSPS) is 17.9. The summed E-state index contributed by atoms with van der Waals surface area (Å²) >= 11 is 5.83. The van der Waals surface area contributed by atoms with Crippen LogP contribution in [-0.2, 0) is 0 Å². The van der Waals surface area contributed by atoms with Gasteiger partial charge in [0.2, 0.25) is 0 Å². The molecule has 1 N–H and O–H groups in total. The number of carbonyl (C=O) groups excluding carboxylic acids is 2. The molecule has 2 aliphatic rings. The molecule has 0 saturated carbocycles. The Labute approximate surface area is 174 Å². The van der Waals surface area contributed by atoms with Crippen molar-refractivity contribution in [2.75, 3.05) is 24.5 Å². The largest absolute Gasteiger partial charge is 0.348 e. The third kappa shape index (κ3) is 3.35. The second-order valence-corrected chi connectivity index (χ2v) is 8.08. The van der Waals surface area contributed by atoms with Gasteiger partial charge in [0.05, 0.1) is 16.3 Å². The van der Waals surface area contributed by atoms with Gasteiger partial charge in [-0.05, 0) is 44.2 Å². The zero-order chi connectivity index (χ0) is 20.8. The molecule has 2 aromatic rings. The van der Waals surface area contributed by atoms with Crippen LogP contribution in [0, 0.1) is 12.7 Å². The lowest BCUT2D eigenvalue weighted by atomic mass is 9.89. The molecule has 2 aromatic carbocycles. The van der Waals surface area contributed by atoms with E-state index in [0.717, 1.165) is 17.8 Å². The first-order valence-electron chi connectivity index (χ1n) is 9.80. The number of fused-ring (bicyclic) bond motifs is 1. The summed E-state index contributed by atoms with van der Waals surface area (Å²) in [4.78, 5) is 29.6. The summed E-state index contributed by atoms with van der Waals surface area (Å²) in [5, 5.41) is 3.15. The standard InChI is InChI=1S/C22H23ClFN3O2/c1-3-27-19-7-4-14(2)12-16(19)20(28)25-22(27)8-10-26(11-9-22)21(29)15-5-6-18(24)17(23)13-15/h4-7,12-13H,3,8-11H2,1-2H3,(H,25,28). The molecular weight excluding hydrogens is 393 g/mol. The van der Waals surface area contributed by atoms with Gasteiger partial charge in [0.25, 0.3) is 11.8 Å². The summed E-state index contributed by atoms with van der Waals surface area (Å²) < 4.78 is 13.4. The second-order valence-electron chi connectivity index (χ2n) is 7.67. The van der Waals surface area contributed by atoms with Gasteiger partial charge in [-0.2, -0.15) is 0 Å². The molecule has 0 atom stereocenters. The molecule has 1 saturated heterocycles. The molecule has 29 heavy (non-hydrogen) atoms. The number of rotatable bonds is 2.